The molecule has 27 heavy (non-hydrogen) atoms. The second-order valence-electron chi connectivity index (χ2n) is 7.17. The van der Waals surface area contributed by atoms with Crippen LogP contribution in [-0.4, -0.2) is 23.0 Å². The monoisotopic (exact) mass is 384 g/mol. The van der Waals surface area contributed by atoms with Gasteiger partial charge in [0.15, 0.2) is 0 Å². The van der Waals surface area contributed by atoms with E-state index in [2.05, 4.69) is 9.88 Å². The average Bonchev–Trinajstić information content (AvgIpc) is 3.14. The zero-order valence-corrected chi connectivity index (χ0v) is 15.8. The molecule has 2 aromatic carbocycles. The van der Waals surface area contributed by atoms with Gasteiger partial charge in [-0.2, -0.15) is 0 Å². The standard InChI is InChI=1S/C22H22ClFN2O/c23-21-4-2-1-3-20(21)22-25-19(15-27-22)14-26-11-9-17(10-12-26)13-16-5-7-18(24)8-6-16/h1-8,15,17H,9-14H2. The molecule has 0 amide bonds. The Labute approximate surface area is 163 Å². The number of benzene rings is 2. The van der Waals surface area contributed by atoms with Crippen molar-refractivity contribution in [1.29, 1.82) is 0 Å². The van der Waals surface area contributed by atoms with Crippen LogP contribution in [0.1, 0.15) is 24.1 Å². The van der Waals surface area contributed by atoms with Crippen LogP contribution in [0.25, 0.3) is 11.5 Å². The fourth-order valence-electron chi connectivity index (χ4n) is 3.67. The van der Waals surface area contributed by atoms with Gasteiger partial charge in [0.25, 0.3) is 0 Å². The molecule has 1 fully saturated rings. The van der Waals surface area contributed by atoms with E-state index in [4.69, 9.17) is 16.0 Å². The first-order valence-corrected chi connectivity index (χ1v) is 9.71. The topological polar surface area (TPSA) is 29.3 Å². The van der Waals surface area contributed by atoms with Crippen LogP contribution in [0, 0.1) is 11.7 Å². The Morgan fingerprint density at radius 3 is 2.56 bits per heavy atom. The molecular formula is C22H22ClFN2O. The molecule has 1 aromatic heterocycles. The molecule has 0 unspecified atom stereocenters. The Bertz CT molecular complexity index is 885. The average molecular weight is 385 g/mol. The normalized spacial score (nSPS) is 15.9. The summed E-state index contributed by atoms with van der Waals surface area (Å²) in [6.45, 7) is 2.87. The van der Waals surface area contributed by atoms with Crippen molar-refractivity contribution in [2.75, 3.05) is 13.1 Å². The summed E-state index contributed by atoms with van der Waals surface area (Å²) in [7, 11) is 0. The van der Waals surface area contributed by atoms with Gasteiger partial charge < -0.3 is 4.42 Å². The smallest absolute Gasteiger partial charge is 0.227 e. The Kier molecular flexibility index (Phi) is 5.55. The van der Waals surface area contributed by atoms with Gasteiger partial charge in [-0.3, -0.25) is 4.90 Å². The highest BCUT2D eigenvalue weighted by atomic mass is 35.5. The van der Waals surface area contributed by atoms with Crippen molar-refractivity contribution in [3.8, 4) is 11.5 Å². The molecule has 3 aromatic rings. The lowest BCUT2D eigenvalue weighted by Gasteiger charge is -2.31. The lowest BCUT2D eigenvalue weighted by atomic mass is 9.90. The highest BCUT2D eigenvalue weighted by Gasteiger charge is 2.21. The number of nitrogens with zero attached hydrogens (tertiary/aromatic N) is 2. The van der Waals surface area contributed by atoms with Crippen molar-refractivity contribution in [3.05, 3.63) is 76.9 Å². The van der Waals surface area contributed by atoms with Gasteiger partial charge in [-0.15, -0.1) is 0 Å². The Morgan fingerprint density at radius 1 is 1.07 bits per heavy atom. The molecule has 0 N–H and O–H groups in total. The maximum atomic E-state index is 13.0. The van der Waals surface area contributed by atoms with Gasteiger partial charge >= 0.3 is 0 Å². The summed E-state index contributed by atoms with van der Waals surface area (Å²) in [5.41, 5.74) is 2.97. The molecule has 0 spiro atoms. The predicted molar refractivity (Wildman–Crippen MR) is 105 cm³/mol. The van der Waals surface area contributed by atoms with E-state index in [0.29, 0.717) is 16.8 Å². The van der Waals surface area contributed by atoms with E-state index in [1.165, 1.54) is 5.56 Å². The second-order valence-corrected chi connectivity index (χ2v) is 7.58. The van der Waals surface area contributed by atoms with Gasteiger partial charge in [-0.05, 0) is 68.1 Å². The molecule has 1 aliphatic heterocycles. The molecule has 0 radical (unpaired) electrons. The predicted octanol–water partition coefficient (Wildman–Crippen LogP) is 5.59. The molecule has 0 saturated carbocycles. The molecule has 140 valence electrons. The van der Waals surface area contributed by atoms with Crippen LogP contribution in [0.5, 0.6) is 0 Å². The maximum Gasteiger partial charge on any atom is 0.227 e. The summed E-state index contributed by atoms with van der Waals surface area (Å²) >= 11 is 6.22. The third-order valence-electron chi connectivity index (χ3n) is 5.19. The lowest BCUT2D eigenvalue weighted by Crippen LogP contribution is -2.33. The third-order valence-corrected chi connectivity index (χ3v) is 5.52. The molecule has 2 heterocycles. The van der Waals surface area contributed by atoms with Gasteiger partial charge in [-0.25, -0.2) is 9.37 Å². The molecule has 4 rings (SSSR count). The van der Waals surface area contributed by atoms with E-state index in [1.54, 1.807) is 18.4 Å². The van der Waals surface area contributed by atoms with Crippen molar-refractivity contribution in [2.45, 2.75) is 25.8 Å². The fraction of sp³-hybridized carbons (Fsp3) is 0.318. The van der Waals surface area contributed by atoms with Crippen LogP contribution in [0.15, 0.2) is 59.2 Å². The maximum absolute atomic E-state index is 13.0. The highest BCUT2D eigenvalue weighted by molar-refractivity contribution is 6.33. The molecular weight excluding hydrogens is 363 g/mol. The summed E-state index contributed by atoms with van der Waals surface area (Å²) in [6, 6.07) is 14.5. The van der Waals surface area contributed by atoms with E-state index in [1.807, 2.05) is 36.4 Å². The van der Waals surface area contributed by atoms with E-state index in [-0.39, 0.29) is 5.82 Å². The van der Waals surface area contributed by atoms with Crippen LogP contribution in [-0.2, 0) is 13.0 Å². The van der Waals surface area contributed by atoms with Crippen molar-refractivity contribution < 1.29 is 8.81 Å². The van der Waals surface area contributed by atoms with Crippen molar-refractivity contribution in [3.63, 3.8) is 0 Å². The van der Waals surface area contributed by atoms with Gasteiger partial charge in [0.2, 0.25) is 5.89 Å². The molecule has 0 bridgehead atoms. The molecule has 3 nitrogen and oxygen atoms in total. The molecule has 0 aliphatic carbocycles. The number of hydrogen-bond donors (Lipinski definition) is 0. The van der Waals surface area contributed by atoms with Gasteiger partial charge in [0.05, 0.1) is 16.3 Å². The Hall–Kier alpha value is -2.17. The van der Waals surface area contributed by atoms with Crippen LogP contribution in [0.4, 0.5) is 4.39 Å². The van der Waals surface area contributed by atoms with Crippen molar-refractivity contribution >= 4 is 11.6 Å². The minimum absolute atomic E-state index is 0.169. The van der Waals surface area contributed by atoms with Gasteiger partial charge in [-0.1, -0.05) is 35.9 Å². The van der Waals surface area contributed by atoms with Crippen LogP contribution in [0.3, 0.4) is 0 Å². The molecule has 1 aliphatic rings. The van der Waals surface area contributed by atoms with E-state index >= 15 is 0 Å². The highest BCUT2D eigenvalue weighted by Crippen LogP contribution is 2.28. The van der Waals surface area contributed by atoms with Crippen LogP contribution >= 0.6 is 11.6 Å². The van der Waals surface area contributed by atoms with Crippen molar-refractivity contribution in [2.24, 2.45) is 5.92 Å². The Balaban J connectivity index is 1.31. The van der Waals surface area contributed by atoms with E-state index in [9.17, 15) is 4.39 Å². The summed E-state index contributed by atoms with van der Waals surface area (Å²) in [6.07, 6.45) is 5.04. The first-order chi connectivity index (χ1) is 13.2. The minimum Gasteiger partial charge on any atom is -0.444 e. The third kappa shape index (κ3) is 4.57. The van der Waals surface area contributed by atoms with E-state index in [0.717, 1.165) is 50.2 Å². The number of halogens is 2. The molecule has 1 saturated heterocycles. The fourth-order valence-corrected chi connectivity index (χ4v) is 3.89. The van der Waals surface area contributed by atoms with Gasteiger partial charge in [0, 0.05) is 6.54 Å². The number of piperidine rings is 1. The van der Waals surface area contributed by atoms with Crippen LogP contribution < -0.4 is 0 Å². The SMILES string of the molecule is Fc1ccc(CC2CCN(Cc3coc(-c4ccccc4Cl)n3)CC2)cc1. The second kappa shape index (κ2) is 8.24. The van der Waals surface area contributed by atoms with Crippen molar-refractivity contribution in [1.82, 2.24) is 9.88 Å². The molecule has 0 atom stereocenters. The number of rotatable bonds is 5. The largest absolute Gasteiger partial charge is 0.444 e. The number of likely N-dealkylation sites (tertiary alicyclic amines) is 1. The summed E-state index contributed by atoms with van der Waals surface area (Å²) < 4.78 is 18.7. The summed E-state index contributed by atoms with van der Waals surface area (Å²) in [5, 5.41) is 0.646. The Morgan fingerprint density at radius 2 is 1.81 bits per heavy atom. The number of hydrogen-bond acceptors (Lipinski definition) is 3. The van der Waals surface area contributed by atoms with E-state index < -0.39 is 0 Å². The first kappa shape index (κ1) is 18.2. The zero-order chi connectivity index (χ0) is 18.6. The summed E-state index contributed by atoms with van der Waals surface area (Å²) in [5.74, 6) is 1.06. The lowest BCUT2D eigenvalue weighted by molar-refractivity contribution is 0.175. The summed E-state index contributed by atoms with van der Waals surface area (Å²) in [4.78, 5) is 7.01. The van der Waals surface area contributed by atoms with Gasteiger partial charge in [0.1, 0.15) is 12.1 Å². The minimum atomic E-state index is -0.169. The number of aromatic nitrogens is 1. The molecule has 5 heteroatoms. The van der Waals surface area contributed by atoms with Crippen LogP contribution in [0.2, 0.25) is 5.02 Å². The first-order valence-electron chi connectivity index (χ1n) is 9.33. The number of oxazole rings is 1. The zero-order valence-electron chi connectivity index (χ0n) is 15.1. The quantitative estimate of drug-likeness (QED) is 0.574.